The van der Waals surface area contributed by atoms with Crippen molar-refractivity contribution in [3.63, 3.8) is 0 Å². The van der Waals surface area contributed by atoms with Crippen molar-refractivity contribution in [3.8, 4) is 5.69 Å². The highest BCUT2D eigenvalue weighted by molar-refractivity contribution is 5.95. The van der Waals surface area contributed by atoms with Crippen LogP contribution in [0.3, 0.4) is 0 Å². The lowest BCUT2D eigenvalue weighted by molar-refractivity contribution is -0.145. The van der Waals surface area contributed by atoms with Crippen LogP contribution in [0, 0.1) is 5.92 Å². The van der Waals surface area contributed by atoms with E-state index >= 15 is 0 Å². The Bertz CT molecular complexity index is 658. The largest absolute Gasteiger partial charge is 0.481 e. The van der Waals surface area contributed by atoms with Gasteiger partial charge in [-0.1, -0.05) is 6.07 Å². The topological polar surface area (TPSA) is 71.3 Å². The first-order chi connectivity index (χ1) is 10.1. The third kappa shape index (κ3) is 2.81. The summed E-state index contributed by atoms with van der Waals surface area (Å²) < 4.78 is 1.93. The molecule has 1 saturated carbocycles. The van der Waals surface area contributed by atoms with Gasteiger partial charge in [-0.15, -0.1) is 0 Å². The summed E-state index contributed by atoms with van der Waals surface area (Å²) >= 11 is 0. The highest BCUT2D eigenvalue weighted by atomic mass is 16.4. The van der Waals surface area contributed by atoms with E-state index in [4.69, 9.17) is 5.11 Å². The fourth-order valence-corrected chi connectivity index (χ4v) is 2.52. The third-order valence-electron chi connectivity index (χ3n) is 3.83. The number of nitrogens with one attached hydrogen (secondary N) is 1. The Morgan fingerprint density at radius 1 is 1.14 bits per heavy atom. The maximum atomic E-state index is 12.2. The molecule has 1 amide bonds. The van der Waals surface area contributed by atoms with E-state index in [1.807, 2.05) is 47.3 Å². The number of amides is 1. The van der Waals surface area contributed by atoms with Crippen LogP contribution in [0.4, 0.5) is 0 Å². The molecule has 1 heterocycles. The van der Waals surface area contributed by atoms with Crippen molar-refractivity contribution in [2.75, 3.05) is 0 Å². The van der Waals surface area contributed by atoms with Crippen LogP contribution in [0.5, 0.6) is 0 Å². The molecule has 0 aliphatic heterocycles. The Hall–Kier alpha value is -2.56. The van der Waals surface area contributed by atoms with Gasteiger partial charge in [-0.25, -0.2) is 0 Å². The maximum Gasteiger partial charge on any atom is 0.306 e. The van der Waals surface area contributed by atoms with Crippen LogP contribution in [0.15, 0.2) is 48.8 Å². The molecule has 0 unspecified atom stereocenters. The first-order valence-electron chi connectivity index (χ1n) is 6.90. The molecule has 21 heavy (non-hydrogen) atoms. The smallest absolute Gasteiger partial charge is 0.306 e. The van der Waals surface area contributed by atoms with Crippen LogP contribution in [0.25, 0.3) is 5.69 Å². The van der Waals surface area contributed by atoms with Gasteiger partial charge in [0.15, 0.2) is 0 Å². The molecule has 0 bridgehead atoms. The summed E-state index contributed by atoms with van der Waals surface area (Å²) in [6.45, 7) is 0. The standard InChI is InChI=1S/C16H16N2O3/c19-15(17-13-8-12(9-13)16(20)21)11-4-3-5-14(10-11)18-6-1-2-7-18/h1-7,10,12-13H,8-9H2,(H,17,19)(H,20,21). The number of hydrogen-bond acceptors (Lipinski definition) is 2. The summed E-state index contributed by atoms with van der Waals surface area (Å²) in [7, 11) is 0. The number of carbonyl (C=O) groups is 2. The highest BCUT2D eigenvalue weighted by Crippen LogP contribution is 2.27. The number of aliphatic carboxylic acids is 1. The number of carboxylic acids is 1. The molecular formula is C16H16N2O3. The van der Waals surface area contributed by atoms with E-state index in [-0.39, 0.29) is 17.9 Å². The molecular weight excluding hydrogens is 268 g/mol. The molecule has 0 radical (unpaired) electrons. The summed E-state index contributed by atoms with van der Waals surface area (Å²) in [4.78, 5) is 22.9. The SMILES string of the molecule is O=C(NC1CC(C(=O)O)C1)c1cccc(-n2cccc2)c1. The summed E-state index contributed by atoms with van der Waals surface area (Å²) in [6.07, 6.45) is 4.86. The van der Waals surface area contributed by atoms with Gasteiger partial charge >= 0.3 is 5.97 Å². The molecule has 1 aliphatic rings. The normalized spacial score (nSPS) is 20.6. The van der Waals surface area contributed by atoms with Gasteiger partial charge in [0.25, 0.3) is 5.91 Å². The lowest BCUT2D eigenvalue weighted by Gasteiger charge is -2.32. The second kappa shape index (κ2) is 5.44. The molecule has 0 saturated heterocycles. The first-order valence-corrected chi connectivity index (χ1v) is 6.90. The first kappa shape index (κ1) is 13.4. The highest BCUT2D eigenvalue weighted by Gasteiger charge is 2.35. The Kier molecular flexibility index (Phi) is 3.48. The van der Waals surface area contributed by atoms with Crippen molar-refractivity contribution in [2.24, 2.45) is 5.92 Å². The molecule has 5 nitrogen and oxygen atoms in total. The van der Waals surface area contributed by atoms with Crippen molar-refractivity contribution in [1.29, 1.82) is 0 Å². The zero-order valence-corrected chi connectivity index (χ0v) is 11.4. The number of rotatable bonds is 4. The van der Waals surface area contributed by atoms with E-state index in [0.717, 1.165) is 5.69 Å². The minimum Gasteiger partial charge on any atom is -0.481 e. The van der Waals surface area contributed by atoms with Crippen LogP contribution in [-0.4, -0.2) is 27.6 Å². The van der Waals surface area contributed by atoms with Crippen LogP contribution in [-0.2, 0) is 4.79 Å². The lowest BCUT2D eigenvalue weighted by atomic mass is 9.80. The van der Waals surface area contributed by atoms with Gasteiger partial charge in [0.2, 0.25) is 0 Å². The second-order valence-electron chi connectivity index (χ2n) is 5.32. The van der Waals surface area contributed by atoms with Crippen LogP contribution >= 0.6 is 0 Å². The van der Waals surface area contributed by atoms with E-state index in [1.54, 1.807) is 6.07 Å². The summed E-state index contributed by atoms with van der Waals surface area (Å²) in [5.41, 5.74) is 1.50. The zero-order valence-electron chi connectivity index (χ0n) is 11.4. The minimum atomic E-state index is -0.782. The quantitative estimate of drug-likeness (QED) is 0.903. The molecule has 1 fully saturated rings. The lowest BCUT2D eigenvalue weighted by Crippen LogP contribution is -2.46. The number of nitrogens with zero attached hydrogens (tertiary/aromatic N) is 1. The van der Waals surface area contributed by atoms with E-state index in [9.17, 15) is 9.59 Å². The van der Waals surface area contributed by atoms with Crippen LogP contribution < -0.4 is 5.32 Å². The molecule has 108 valence electrons. The van der Waals surface area contributed by atoms with Gasteiger partial charge in [-0.3, -0.25) is 9.59 Å². The fraction of sp³-hybridized carbons (Fsp3) is 0.250. The van der Waals surface area contributed by atoms with Gasteiger partial charge in [-0.2, -0.15) is 0 Å². The van der Waals surface area contributed by atoms with Crippen molar-refractivity contribution < 1.29 is 14.7 Å². The number of aromatic nitrogens is 1. The molecule has 0 spiro atoms. The predicted molar refractivity (Wildman–Crippen MR) is 77.4 cm³/mol. The molecule has 5 heteroatoms. The Morgan fingerprint density at radius 3 is 2.52 bits per heavy atom. The second-order valence-corrected chi connectivity index (χ2v) is 5.32. The monoisotopic (exact) mass is 284 g/mol. The predicted octanol–water partition coefficient (Wildman–Crippen LogP) is 2.07. The Labute approximate surface area is 122 Å². The minimum absolute atomic E-state index is 0.0335. The van der Waals surface area contributed by atoms with Gasteiger partial charge < -0.3 is 15.0 Å². The Balaban J connectivity index is 1.66. The van der Waals surface area contributed by atoms with E-state index in [0.29, 0.717) is 18.4 Å². The fourth-order valence-electron chi connectivity index (χ4n) is 2.52. The molecule has 1 aliphatic carbocycles. The molecule has 0 atom stereocenters. The van der Waals surface area contributed by atoms with Crippen molar-refractivity contribution in [3.05, 3.63) is 54.4 Å². The molecule has 1 aromatic heterocycles. The van der Waals surface area contributed by atoms with Crippen LogP contribution in [0.2, 0.25) is 0 Å². The van der Waals surface area contributed by atoms with Crippen molar-refractivity contribution in [1.82, 2.24) is 9.88 Å². The average Bonchev–Trinajstić information content (AvgIpc) is 2.96. The number of carbonyl (C=O) groups excluding carboxylic acids is 1. The van der Waals surface area contributed by atoms with Gasteiger partial charge in [0, 0.05) is 29.7 Å². The number of carboxylic acid groups (broad SMARTS) is 1. The average molecular weight is 284 g/mol. The van der Waals surface area contributed by atoms with E-state index in [1.165, 1.54) is 0 Å². The molecule has 2 aromatic rings. The third-order valence-corrected chi connectivity index (χ3v) is 3.83. The summed E-state index contributed by atoms with van der Waals surface area (Å²) in [5.74, 6) is -1.26. The van der Waals surface area contributed by atoms with Gasteiger partial charge in [0.1, 0.15) is 0 Å². The Morgan fingerprint density at radius 2 is 1.86 bits per heavy atom. The summed E-state index contributed by atoms with van der Waals surface area (Å²) in [6, 6.07) is 11.2. The molecule has 2 N–H and O–H groups in total. The summed E-state index contributed by atoms with van der Waals surface area (Å²) in [5, 5.41) is 11.7. The number of hydrogen-bond donors (Lipinski definition) is 2. The molecule has 1 aromatic carbocycles. The van der Waals surface area contributed by atoms with Crippen LogP contribution in [0.1, 0.15) is 23.2 Å². The van der Waals surface area contributed by atoms with Crippen molar-refractivity contribution >= 4 is 11.9 Å². The van der Waals surface area contributed by atoms with Gasteiger partial charge in [0.05, 0.1) is 5.92 Å². The van der Waals surface area contributed by atoms with E-state index in [2.05, 4.69) is 5.32 Å². The van der Waals surface area contributed by atoms with E-state index < -0.39 is 5.97 Å². The van der Waals surface area contributed by atoms with Gasteiger partial charge in [-0.05, 0) is 43.2 Å². The number of benzene rings is 1. The maximum absolute atomic E-state index is 12.2. The zero-order chi connectivity index (χ0) is 14.8. The molecule has 3 rings (SSSR count). The van der Waals surface area contributed by atoms with Crippen molar-refractivity contribution in [2.45, 2.75) is 18.9 Å².